The molecule has 1 fully saturated rings. The summed E-state index contributed by atoms with van der Waals surface area (Å²) in [6, 6.07) is -0.0790. The van der Waals surface area contributed by atoms with Gasteiger partial charge in [-0.1, -0.05) is 6.92 Å². The summed E-state index contributed by atoms with van der Waals surface area (Å²) in [5.41, 5.74) is 1.08. The fraction of sp³-hybridized carbons (Fsp3) is 0.667. The van der Waals surface area contributed by atoms with Gasteiger partial charge in [0.25, 0.3) is 0 Å². The minimum atomic E-state index is -0.0790. The molecule has 0 radical (unpaired) electrons. The number of carbonyl (C=O) groups is 1. The highest BCUT2D eigenvalue weighted by Gasteiger charge is 2.24. The van der Waals surface area contributed by atoms with E-state index in [1.165, 1.54) is 0 Å². The van der Waals surface area contributed by atoms with Gasteiger partial charge in [0.1, 0.15) is 6.04 Å². The van der Waals surface area contributed by atoms with Gasteiger partial charge in [0.15, 0.2) is 0 Å². The molecule has 0 bridgehead atoms. The molecule has 0 aromatic carbocycles. The van der Waals surface area contributed by atoms with Gasteiger partial charge in [-0.15, -0.1) is 0 Å². The van der Waals surface area contributed by atoms with Crippen molar-refractivity contribution < 1.29 is 4.79 Å². The van der Waals surface area contributed by atoms with E-state index >= 15 is 0 Å². The maximum Gasteiger partial charge on any atom is 0.243 e. The van der Waals surface area contributed by atoms with Gasteiger partial charge in [-0.3, -0.25) is 4.79 Å². The Bertz CT molecular complexity index is 374. The molecule has 2 N–H and O–H groups in total. The summed E-state index contributed by atoms with van der Waals surface area (Å²) >= 11 is 0. The van der Waals surface area contributed by atoms with Crippen molar-refractivity contribution in [3.05, 3.63) is 18.2 Å². The first-order chi connectivity index (χ1) is 8.33. The zero-order chi connectivity index (χ0) is 12.1. The second kappa shape index (κ2) is 5.82. The standard InChI is InChI=1S/C12H20N4O/c1-2-5-13-7-10-8-14-9-16(10)11-4-3-6-15-12(11)17/h8-9,11,13H,2-7H2,1H3,(H,15,17). The topological polar surface area (TPSA) is 59.0 Å². The number of piperidine rings is 1. The molecule has 94 valence electrons. The number of nitrogens with zero attached hydrogens (tertiary/aromatic N) is 2. The van der Waals surface area contributed by atoms with Crippen LogP contribution in [-0.4, -0.2) is 28.5 Å². The Morgan fingerprint density at radius 2 is 2.53 bits per heavy atom. The summed E-state index contributed by atoms with van der Waals surface area (Å²) in [6.45, 7) is 4.70. The van der Waals surface area contributed by atoms with Gasteiger partial charge in [-0.05, 0) is 25.8 Å². The van der Waals surface area contributed by atoms with Crippen LogP contribution < -0.4 is 10.6 Å². The smallest absolute Gasteiger partial charge is 0.243 e. The minimum absolute atomic E-state index is 0.0790. The average Bonchev–Trinajstić information content (AvgIpc) is 2.78. The zero-order valence-electron chi connectivity index (χ0n) is 10.3. The van der Waals surface area contributed by atoms with Crippen molar-refractivity contribution >= 4 is 5.91 Å². The van der Waals surface area contributed by atoms with Gasteiger partial charge in [0, 0.05) is 19.3 Å². The second-order valence-electron chi connectivity index (χ2n) is 4.42. The number of aromatic nitrogens is 2. The largest absolute Gasteiger partial charge is 0.354 e. The Morgan fingerprint density at radius 3 is 3.29 bits per heavy atom. The first-order valence-electron chi connectivity index (χ1n) is 6.32. The molecule has 1 saturated heterocycles. The van der Waals surface area contributed by atoms with Gasteiger partial charge in [-0.2, -0.15) is 0 Å². The lowest BCUT2D eigenvalue weighted by Gasteiger charge is -2.24. The Labute approximate surface area is 102 Å². The first kappa shape index (κ1) is 12.1. The van der Waals surface area contributed by atoms with E-state index in [4.69, 9.17) is 0 Å². The number of rotatable bonds is 5. The lowest BCUT2D eigenvalue weighted by Crippen LogP contribution is -2.38. The number of nitrogens with one attached hydrogen (secondary N) is 2. The van der Waals surface area contributed by atoms with Crippen molar-refractivity contribution in [2.24, 2.45) is 0 Å². The highest BCUT2D eigenvalue weighted by Crippen LogP contribution is 2.19. The van der Waals surface area contributed by atoms with Gasteiger partial charge in [0.2, 0.25) is 5.91 Å². The third-order valence-corrected chi connectivity index (χ3v) is 3.07. The predicted molar refractivity (Wildman–Crippen MR) is 65.5 cm³/mol. The van der Waals surface area contributed by atoms with Crippen LogP contribution in [0.4, 0.5) is 0 Å². The summed E-state index contributed by atoms with van der Waals surface area (Å²) in [5, 5.41) is 6.25. The molecule has 1 aliphatic heterocycles. The van der Waals surface area contributed by atoms with E-state index < -0.39 is 0 Å². The van der Waals surface area contributed by atoms with Crippen LogP contribution in [0.25, 0.3) is 0 Å². The van der Waals surface area contributed by atoms with Crippen LogP contribution in [0.3, 0.4) is 0 Å². The van der Waals surface area contributed by atoms with Crippen molar-refractivity contribution in [3.63, 3.8) is 0 Å². The van der Waals surface area contributed by atoms with E-state index in [9.17, 15) is 4.79 Å². The highest BCUT2D eigenvalue weighted by atomic mass is 16.2. The van der Waals surface area contributed by atoms with E-state index in [1.54, 1.807) is 6.33 Å². The van der Waals surface area contributed by atoms with Crippen LogP contribution in [0, 0.1) is 0 Å². The number of hydrogen-bond acceptors (Lipinski definition) is 3. The third-order valence-electron chi connectivity index (χ3n) is 3.07. The molecule has 1 aliphatic rings. The Balaban J connectivity index is 2.04. The van der Waals surface area contributed by atoms with Gasteiger partial charge >= 0.3 is 0 Å². The molecule has 1 unspecified atom stereocenters. The van der Waals surface area contributed by atoms with Crippen molar-refractivity contribution in [3.8, 4) is 0 Å². The third kappa shape index (κ3) is 2.85. The van der Waals surface area contributed by atoms with Gasteiger partial charge < -0.3 is 15.2 Å². The molecular formula is C12H20N4O. The van der Waals surface area contributed by atoms with Crippen LogP contribution >= 0.6 is 0 Å². The second-order valence-corrected chi connectivity index (χ2v) is 4.42. The van der Waals surface area contributed by atoms with Crippen LogP contribution in [0.2, 0.25) is 0 Å². The molecular weight excluding hydrogens is 216 g/mol. The van der Waals surface area contributed by atoms with E-state index in [1.807, 2.05) is 10.8 Å². The zero-order valence-corrected chi connectivity index (χ0v) is 10.3. The lowest BCUT2D eigenvalue weighted by atomic mass is 10.1. The summed E-state index contributed by atoms with van der Waals surface area (Å²) in [7, 11) is 0. The highest BCUT2D eigenvalue weighted by molar-refractivity contribution is 5.81. The number of amides is 1. The quantitative estimate of drug-likeness (QED) is 0.745. The molecule has 0 spiro atoms. The van der Waals surface area contributed by atoms with Crippen LogP contribution in [0.15, 0.2) is 12.5 Å². The molecule has 5 nitrogen and oxygen atoms in total. The molecule has 1 atom stereocenters. The Morgan fingerprint density at radius 1 is 1.65 bits per heavy atom. The van der Waals surface area contributed by atoms with Crippen LogP contribution in [-0.2, 0) is 11.3 Å². The molecule has 2 rings (SSSR count). The lowest BCUT2D eigenvalue weighted by molar-refractivity contribution is -0.125. The van der Waals surface area contributed by atoms with Crippen molar-refractivity contribution in [1.82, 2.24) is 20.2 Å². The molecule has 17 heavy (non-hydrogen) atoms. The number of carbonyl (C=O) groups excluding carboxylic acids is 1. The maximum absolute atomic E-state index is 11.8. The van der Waals surface area contributed by atoms with E-state index in [2.05, 4.69) is 22.5 Å². The van der Waals surface area contributed by atoms with E-state index in [0.29, 0.717) is 0 Å². The fourth-order valence-electron chi connectivity index (χ4n) is 2.16. The number of hydrogen-bond donors (Lipinski definition) is 2. The average molecular weight is 236 g/mol. The number of imidazole rings is 1. The van der Waals surface area contributed by atoms with E-state index in [-0.39, 0.29) is 11.9 Å². The van der Waals surface area contributed by atoms with Crippen molar-refractivity contribution in [1.29, 1.82) is 0 Å². The molecule has 1 amide bonds. The summed E-state index contributed by atoms with van der Waals surface area (Å²) in [6.07, 6.45) is 6.65. The normalized spacial score (nSPS) is 20.3. The van der Waals surface area contributed by atoms with Crippen molar-refractivity contribution in [2.45, 2.75) is 38.8 Å². The Kier molecular flexibility index (Phi) is 4.14. The first-order valence-corrected chi connectivity index (χ1v) is 6.32. The Hall–Kier alpha value is -1.36. The fourth-order valence-corrected chi connectivity index (χ4v) is 2.16. The SMILES string of the molecule is CCCNCc1cncn1C1CCCNC1=O. The molecule has 5 heteroatoms. The molecule has 0 aliphatic carbocycles. The molecule has 0 saturated carbocycles. The predicted octanol–water partition coefficient (Wildman–Crippen LogP) is 0.834. The summed E-state index contributed by atoms with van der Waals surface area (Å²) in [5.74, 6) is 0.117. The van der Waals surface area contributed by atoms with Crippen LogP contribution in [0.1, 0.15) is 37.9 Å². The van der Waals surface area contributed by atoms with Crippen molar-refractivity contribution in [2.75, 3.05) is 13.1 Å². The monoisotopic (exact) mass is 236 g/mol. The summed E-state index contributed by atoms with van der Waals surface area (Å²) in [4.78, 5) is 15.9. The van der Waals surface area contributed by atoms with Crippen LogP contribution in [0.5, 0.6) is 0 Å². The van der Waals surface area contributed by atoms with Gasteiger partial charge in [-0.25, -0.2) is 4.98 Å². The van der Waals surface area contributed by atoms with Gasteiger partial charge in [0.05, 0.1) is 12.0 Å². The molecule has 2 heterocycles. The maximum atomic E-state index is 11.8. The molecule has 1 aromatic heterocycles. The summed E-state index contributed by atoms with van der Waals surface area (Å²) < 4.78 is 2.00. The minimum Gasteiger partial charge on any atom is -0.354 e. The van der Waals surface area contributed by atoms with E-state index in [0.717, 1.165) is 44.6 Å². The molecule has 1 aromatic rings.